The van der Waals surface area contributed by atoms with E-state index in [1.54, 1.807) is 0 Å². The molecule has 1 N–H and O–H groups in total. The highest BCUT2D eigenvalue weighted by Crippen LogP contribution is 2.16. The first-order valence-corrected chi connectivity index (χ1v) is 9.60. The summed E-state index contributed by atoms with van der Waals surface area (Å²) in [6.45, 7) is 6.22. The number of benzene rings is 1. The monoisotopic (exact) mass is 358 g/mol. The lowest BCUT2D eigenvalue weighted by Gasteiger charge is -2.33. The molecular formula is C20H27ClN4. The predicted molar refractivity (Wildman–Crippen MR) is 103 cm³/mol. The quantitative estimate of drug-likeness (QED) is 0.816. The molecule has 1 aromatic carbocycles. The number of hydrogen-bond acceptors (Lipinski definition) is 4. The molecule has 25 heavy (non-hydrogen) atoms. The topological polar surface area (TPSA) is 41.1 Å². The van der Waals surface area contributed by atoms with Crippen molar-refractivity contribution in [2.45, 2.75) is 51.7 Å². The summed E-state index contributed by atoms with van der Waals surface area (Å²) >= 11 is 5.97. The van der Waals surface area contributed by atoms with E-state index in [0.717, 1.165) is 55.4 Å². The van der Waals surface area contributed by atoms with E-state index in [1.165, 1.54) is 18.4 Å². The maximum atomic E-state index is 5.97. The number of hydrogen-bond donors (Lipinski definition) is 1. The number of rotatable bonds is 7. The molecule has 0 amide bonds. The smallest absolute Gasteiger partial charge is 0.128 e. The zero-order valence-corrected chi connectivity index (χ0v) is 15.7. The zero-order valence-electron chi connectivity index (χ0n) is 14.9. The summed E-state index contributed by atoms with van der Waals surface area (Å²) in [7, 11) is 0. The van der Waals surface area contributed by atoms with Gasteiger partial charge in [-0.2, -0.15) is 0 Å². The molecule has 0 saturated carbocycles. The number of nitrogens with one attached hydrogen (secondary N) is 1. The van der Waals surface area contributed by atoms with Crippen molar-refractivity contribution in [2.75, 3.05) is 13.1 Å². The van der Waals surface area contributed by atoms with Crippen molar-refractivity contribution in [3.05, 3.63) is 58.6 Å². The van der Waals surface area contributed by atoms with Gasteiger partial charge in [-0.25, -0.2) is 9.97 Å². The fraction of sp³-hybridized carbons (Fsp3) is 0.500. The number of likely N-dealkylation sites (tertiary alicyclic amines) is 1. The molecule has 0 aliphatic carbocycles. The molecule has 4 nitrogen and oxygen atoms in total. The van der Waals surface area contributed by atoms with Crippen LogP contribution in [0.4, 0.5) is 0 Å². The van der Waals surface area contributed by atoms with Crippen LogP contribution in [0.3, 0.4) is 0 Å². The van der Waals surface area contributed by atoms with Gasteiger partial charge >= 0.3 is 0 Å². The van der Waals surface area contributed by atoms with Gasteiger partial charge in [-0.05, 0) is 43.5 Å². The van der Waals surface area contributed by atoms with Crippen LogP contribution in [0.2, 0.25) is 5.02 Å². The molecule has 2 aromatic rings. The van der Waals surface area contributed by atoms with E-state index in [2.05, 4.69) is 39.2 Å². The summed E-state index contributed by atoms with van der Waals surface area (Å²) < 4.78 is 0. The lowest BCUT2D eigenvalue weighted by atomic mass is 10.0. The van der Waals surface area contributed by atoms with Crippen LogP contribution in [0.5, 0.6) is 0 Å². The molecule has 1 aliphatic heterocycles. The molecular weight excluding hydrogens is 332 g/mol. The van der Waals surface area contributed by atoms with Crippen LogP contribution in [-0.2, 0) is 19.5 Å². The molecule has 1 saturated heterocycles. The molecule has 5 heteroatoms. The second-order valence-corrected chi connectivity index (χ2v) is 7.28. The lowest BCUT2D eigenvalue weighted by Crippen LogP contribution is -2.45. The summed E-state index contributed by atoms with van der Waals surface area (Å²) in [5.74, 6) is 0.943. The summed E-state index contributed by atoms with van der Waals surface area (Å²) in [5.41, 5.74) is 2.49. The van der Waals surface area contributed by atoms with Crippen LogP contribution >= 0.6 is 11.6 Å². The highest BCUT2D eigenvalue weighted by atomic mass is 35.5. The fourth-order valence-corrected chi connectivity index (χ4v) is 3.43. The highest BCUT2D eigenvalue weighted by molar-refractivity contribution is 6.30. The van der Waals surface area contributed by atoms with Crippen molar-refractivity contribution < 1.29 is 0 Å². The third kappa shape index (κ3) is 5.77. The van der Waals surface area contributed by atoms with Crippen LogP contribution in [0.15, 0.2) is 36.7 Å². The summed E-state index contributed by atoms with van der Waals surface area (Å²) in [4.78, 5) is 11.4. The van der Waals surface area contributed by atoms with Crippen molar-refractivity contribution in [2.24, 2.45) is 0 Å². The highest BCUT2D eigenvalue weighted by Gasteiger charge is 2.19. The summed E-state index contributed by atoms with van der Waals surface area (Å²) in [6.07, 6.45) is 8.42. The number of aryl methyl sites for hydroxylation is 1. The van der Waals surface area contributed by atoms with Gasteiger partial charge in [-0.15, -0.1) is 0 Å². The van der Waals surface area contributed by atoms with E-state index in [-0.39, 0.29) is 0 Å². The van der Waals surface area contributed by atoms with Crippen molar-refractivity contribution in [1.82, 2.24) is 20.2 Å². The van der Waals surface area contributed by atoms with Crippen LogP contribution < -0.4 is 5.32 Å². The van der Waals surface area contributed by atoms with Gasteiger partial charge in [0, 0.05) is 55.1 Å². The minimum atomic E-state index is 0.524. The number of halogens is 1. The van der Waals surface area contributed by atoms with Crippen molar-refractivity contribution >= 4 is 11.6 Å². The SMILES string of the molecule is CCCc1ncc(CN[C@@H]2CCCN(Cc3ccc(Cl)cc3)C2)cn1. The van der Waals surface area contributed by atoms with E-state index >= 15 is 0 Å². The Bertz CT molecular complexity index is 642. The molecule has 0 radical (unpaired) electrons. The van der Waals surface area contributed by atoms with Gasteiger partial charge in [0.05, 0.1) is 0 Å². The van der Waals surface area contributed by atoms with E-state index in [1.807, 2.05) is 24.5 Å². The Morgan fingerprint density at radius 3 is 2.64 bits per heavy atom. The first-order chi connectivity index (χ1) is 12.2. The zero-order chi connectivity index (χ0) is 17.5. The summed E-state index contributed by atoms with van der Waals surface area (Å²) in [5, 5.41) is 4.47. The number of nitrogens with zero attached hydrogens (tertiary/aromatic N) is 3. The van der Waals surface area contributed by atoms with Crippen LogP contribution in [-0.4, -0.2) is 34.0 Å². The lowest BCUT2D eigenvalue weighted by molar-refractivity contribution is 0.182. The second kappa shape index (κ2) is 9.27. The Balaban J connectivity index is 1.47. The molecule has 1 aromatic heterocycles. The summed E-state index contributed by atoms with van der Waals surface area (Å²) in [6, 6.07) is 8.71. The Labute approximate surface area is 155 Å². The van der Waals surface area contributed by atoms with Crippen molar-refractivity contribution in [3.8, 4) is 0 Å². The third-order valence-electron chi connectivity index (χ3n) is 4.65. The van der Waals surface area contributed by atoms with Crippen LogP contribution in [0.25, 0.3) is 0 Å². The Kier molecular flexibility index (Phi) is 6.79. The van der Waals surface area contributed by atoms with E-state index in [4.69, 9.17) is 11.6 Å². The van der Waals surface area contributed by atoms with Gasteiger partial charge in [-0.3, -0.25) is 4.90 Å². The van der Waals surface area contributed by atoms with Crippen molar-refractivity contribution in [3.63, 3.8) is 0 Å². The van der Waals surface area contributed by atoms with E-state index in [0.29, 0.717) is 6.04 Å². The van der Waals surface area contributed by atoms with Crippen LogP contribution in [0.1, 0.15) is 43.1 Å². The first-order valence-electron chi connectivity index (χ1n) is 9.23. The molecule has 3 rings (SSSR count). The minimum Gasteiger partial charge on any atom is -0.309 e. The molecule has 1 aliphatic rings. The number of aromatic nitrogens is 2. The standard InChI is InChI=1S/C20H27ClN4/c1-2-4-20-23-12-17(13-24-20)11-22-19-5-3-10-25(15-19)14-16-6-8-18(21)9-7-16/h6-9,12-13,19,22H,2-5,10-11,14-15H2,1H3/t19-/m1/s1. The van der Waals surface area contributed by atoms with Gasteiger partial charge in [0.25, 0.3) is 0 Å². The average molecular weight is 359 g/mol. The van der Waals surface area contributed by atoms with Gasteiger partial charge < -0.3 is 5.32 Å². The van der Waals surface area contributed by atoms with Gasteiger partial charge in [0.15, 0.2) is 0 Å². The normalized spacial score (nSPS) is 18.4. The van der Waals surface area contributed by atoms with Gasteiger partial charge in [-0.1, -0.05) is 30.7 Å². The van der Waals surface area contributed by atoms with E-state index in [9.17, 15) is 0 Å². The molecule has 1 atom stereocenters. The molecule has 0 bridgehead atoms. The number of piperidine rings is 1. The van der Waals surface area contributed by atoms with Gasteiger partial charge in [0.1, 0.15) is 5.82 Å². The molecule has 1 fully saturated rings. The van der Waals surface area contributed by atoms with Gasteiger partial charge in [0.2, 0.25) is 0 Å². The maximum Gasteiger partial charge on any atom is 0.128 e. The first kappa shape index (κ1) is 18.3. The van der Waals surface area contributed by atoms with Crippen molar-refractivity contribution in [1.29, 1.82) is 0 Å². The molecule has 0 unspecified atom stereocenters. The van der Waals surface area contributed by atoms with E-state index < -0.39 is 0 Å². The average Bonchev–Trinajstić information content (AvgIpc) is 2.64. The molecule has 134 valence electrons. The Hall–Kier alpha value is -1.49. The maximum absolute atomic E-state index is 5.97. The minimum absolute atomic E-state index is 0.524. The third-order valence-corrected chi connectivity index (χ3v) is 4.90. The molecule has 0 spiro atoms. The second-order valence-electron chi connectivity index (χ2n) is 6.84. The van der Waals surface area contributed by atoms with Crippen LogP contribution in [0, 0.1) is 0 Å². The Morgan fingerprint density at radius 1 is 1.16 bits per heavy atom. The predicted octanol–water partition coefficient (Wildman–Crippen LogP) is 3.84. The largest absolute Gasteiger partial charge is 0.309 e. The Morgan fingerprint density at radius 2 is 1.92 bits per heavy atom. The molecule has 2 heterocycles. The fourth-order valence-electron chi connectivity index (χ4n) is 3.30.